The number of hydrogen-bond acceptors (Lipinski definition) is 5. The number of ether oxygens (including phenoxy) is 1. The Balaban J connectivity index is 1.56. The van der Waals surface area contributed by atoms with Gasteiger partial charge in [-0.1, -0.05) is 60.1 Å². The predicted molar refractivity (Wildman–Crippen MR) is 102 cm³/mol. The Labute approximate surface area is 161 Å². The standard InChI is InChI=1S/C20H19ClN2O4/c21-19-15(10-14-8-4-5-9-16(14)23-19)18(25)17(24)11-22-20(26)27-12-13-6-2-1-3-7-13/h1-10,17-18,24-25H,11-12H2,(H,22,26). The Kier molecular flexibility index (Phi) is 6.24. The molecule has 1 heterocycles. The van der Waals surface area contributed by atoms with Crippen LogP contribution in [-0.4, -0.2) is 33.9 Å². The Morgan fingerprint density at radius 1 is 1.11 bits per heavy atom. The summed E-state index contributed by atoms with van der Waals surface area (Å²) in [6, 6.07) is 18.2. The zero-order chi connectivity index (χ0) is 19.2. The van der Waals surface area contributed by atoms with Crippen molar-refractivity contribution in [1.82, 2.24) is 10.3 Å². The average molecular weight is 387 g/mol. The quantitative estimate of drug-likeness (QED) is 0.566. The van der Waals surface area contributed by atoms with Gasteiger partial charge in [0.2, 0.25) is 0 Å². The van der Waals surface area contributed by atoms with Crippen LogP contribution in [0.25, 0.3) is 10.9 Å². The van der Waals surface area contributed by atoms with Crippen molar-refractivity contribution in [3.05, 3.63) is 76.9 Å². The predicted octanol–water partition coefficient (Wildman–Crippen LogP) is 3.21. The van der Waals surface area contributed by atoms with Crippen LogP contribution in [0, 0.1) is 0 Å². The lowest BCUT2D eigenvalue weighted by Gasteiger charge is -2.19. The summed E-state index contributed by atoms with van der Waals surface area (Å²) in [5.41, 5.74) is 1.83. The fraction of sp³-hybridized carbons (Fsp3) is 0.200. The lowest BCUT2D eigenvalue weighted by Crippen LogP contribution is -2.35. The van der Waals surface area contributed by atoms with Crippen LogP contribution in [0.15, 0.2) is 60.7 Å². The third-order valence-corrected chi connectivity index (χ3v) is 4.36. The topological polar surface area (TPSA) is 91.7 Å². The highest BCUT2D eigenvalue weighted by atomic mass is 35.5. The van der Waals surface area contributed by atoms with Crippen LogP contribution in [0.3, 0.4) is 0 Å². The van der Waals surface area contributed by atoms with Crippen LogP contribution >= 0.6 is 11.6 Å². The normalized spacial score (nSPS) is 13.1. The van der Waals surface area contributed by atoms with E-state index < -0.39 is 18.3 Å². The highest BCUT2D eigenvalue weighted by molar-refractivity contribution is 6.30. The van der Waals surface area contributed by atoms with E-state index in [9.17, 15) is 15.0 Å². The molecule has 2 unspecified atom stereocenters. The van der Waals surface area contributed by atoms with Crippen molar-refractivity contribution in [2.75, 3.05) is 6.54 Å². The number of halogens is 1. The zero-order valence-electron chi connectivity index (χ0n) is 14.4. The molecule has 3 N–H and O–H groups in total. The van der Waals surface area contributed by atoms with Gasteiger partial charge in [-0.15, -0.1) is 0 Å². The molecule has 0 aliphatic carbocycles. The maximum atomic E-state index is 11.8. The number of benzene rings is 2. The lowest BCUT2D eigenvalue weighted by atomic mass is 10.0. The van der Waals surface area contributed by atoms with E-state index in [1.807, 2.05) is 48.5 Å². The van der Waals surface area contributed by atoms with Crippen LogP contribution in [-0.2, 0) is 11.3 Å². The Morgan fingerprint density at radius 2 is 1.81 bits per heavy atom. The van der Waals surface area contributed by atoms with Gasteiger partial charge in [0, 0.05) is 17.5 Å². The minimum Gasteiger partial charge on any atom is -0.445 e. The molecule has 140 valence electrons. The number of pyridine rings is 1. The number of nitrogens with zero attached hydrogens (tertiary/aromatic N) is 1. The summed E-state index contributed by atoms with van der Waals surface area (Å²) >= 11 is 6.13. The van der Waals surface area contributed by atoms with E-state index in [-0.39, 0.29) is 18.3 Å². The molecule has 27 heavy (non-hydrogen) atoms. The molecule has 1 aromatic heterocycles. The number of carbonyl (C=O) groups is 1. The first-order chi connectivity index (χ1) is 13.0. The molecule has 0 radical (unpaired) electrons. The second-order valence-electron chi connectivity index (χ2n) is 6.02. The summed E-state index contributed by atoms with van der Waals surface area (Å²) in [6.45, 7) is -0.0797. The van der Waals surface area contributed by atoms with E-state index >= 15 is 0 Å². The molecule has 7 heteroatoms. The van der Waals surface area contributed by atoms with Crippen molar-refractivity contribution < 1.29 is 19.7 Å². The maximum absolute atomic E-state index is 11.8. The highest BCUT2D eigenvalue weighted by Gasteiger charge is 2.23. The second kappa shape index (κ2) is 8.81. The van der Waals surface area contributed by atoms with Gasteiger partial charge in [0.05, 0.1) is 5.52 Å². The first-order valence-corrected chi connectivity index (χ1v) is 8.78. The van der Waals surface area contributed by atoms with Gasteiger partial charge in [0.25, 0.3) is 0 Å². The van der Waals surface area contributed by atoms with Crippen LogP contribution in [0.4, 0.5) is 4.79 Å². The summed E-state index contributed by atoms with van der Waals surface area (Å²) in [5.74, 6) is 0. The molecule has 0 saturated carbocycles. The molecule has 0 fully saturated rings. The molecule has 3 aromatic rings. The number of hydrogen-bond donors (Lipinski definition) is 3. The summed E-state index contributed by atoms with van der Waals surface area (Å²) in [5, 5.41) is 23.9. The van der Waals surface area contributed by atoms with Gasteiger partial charge in [-0.05, 0) is 17.7 Å². The van der Waals surface area contributed by atoms with Gasteiger partial charge in [0.15, 0.2) is 0 Å². The van der Waals surface area contributed by atoms with Crippen molar-refractivity contribution >= 4 is 28.6 Å². The monoisotopic (exact) mass is 386 g/mol. The third kappa shape index (κ3) is 4.95. The first kappa shape index (κ1) is 19.1. The molecular formula is C20H19ClN2O4. The molecule has 0 saturated heterocycles. The summed E-state index contributed by atoms with van der Waals surface area (Å²) in [7, 11) is 0. The van der Waals surface area contributed by atoms with Crippen molar-refractivity contribution in [3.63, 3.8) is 0 Å². The number of carbonyl (C=O) groups excluding carboxylic acids is 1. The van der Waals surface area contributed by atoms with Crippen LogP contribution < -0.4 is 5.32 Å². The maximum Gasteiger partial charge on any atom is 0.407 e. The largest absolute Gasteiger partial charge is 0.445 e. The van der Waals surface area contributed by atoms with Crippen LogP contribution in [0.5, 0.6) is 0 Å². The fourth-order valence-electron chi connectivity index (χ4n) is 2.60. The van der Waals surface area contributed by atoms with E-state index in [1.165, 1.54) is 0 Å². The van der Waals surface area contributed by atoms with Crippen LogP contribution in [0.2, 0.25) is 5.15 Å². The highest BCUT2D eigenvalue weighted by Crippen LogP contribution is 2.27. The molecule has 3 rings (SSSR count). The summed E-state index contributed by atoms with van der Waals surface area (Å²) in [4.78, 5) is 16.0. The summed E-state index contributed by atoms with van der Waals surface area (Å²) in [6.07, 6.45) is -3.26. The number of nitrogens with one attached hydrogen (secondary N) is 1. The van der Waals surface area contributed by atoms with Crippen molar-refractivity contribution in [2.45, 2.75) is 18.8 Å². The van der Waals surface area contributed by atoms with Crippen molar-refractivity contribution in [3.8, 4) is 0 Å². The van der Waals surface area contributed by atoms with E-state index in [0.717, 1.165) is 10.9 Å². The van der Waals surface area contributed by atoms with Gasteiger partial charge in [0.1, 0.15) is 24.0 Å². The van der Waals surface area contributed by atoms with Gasteiger partial charge in [-0.25, -0.2) is 9.78 Å². The lowest BCUT2D eigenvalue weighted by molar-refractivity contribution is 0.0183. The number of aliphatic hydroxyl groups excluding tert-OH is 2. The third-order valence-electron chi connectivity index (χ3n) is 4.06. The minimum absolute atomic E-state index is 0.104. The van der Waals surface area contributed by atoms with E-state index in [0.29, 0.717) is 11.1 Å². The molecule has 0 spiro atoms. The first-order valence-electron chi connectivity index (χ1n) is 8.40. The Bertz CT molecular complexity index is 920. The second-order valence-corrected chi connectivity index (χ2v) is 6.37. The molecule has 2 atom stereocenters. The molecular weight excluding hydrogens is 368 g/mol. The number of fused-ring (bicyclic) bond motifs is 1. The number of aliphatic hydroxyl groups is 2. The average Bonchev–Trinajstić information content (AvgIpc) is 2.70. The number of alkyl carbamates (subject to hydrolysis) is 1. The Hall–Kier alpha value is -2.67. The number of amides is 1. The van der Waals surface area contributed by atoms with Gasteiger partial charge in [-0.3, -0.25) is 0 Å². The van der Waals surface area contributed by atoms with Crippen molar-refractivity contribution in [1.29, 1.82) is 0 Å². The fourth-order valence-corrected chi connectivity index (χ4v) is 2.85. The molecule has 6 nitrogen and oxygen atoms in total. The SMILES string of the molecule is O=C(NCC(O)C(O)c1cc2ccccc2nc1Cl)OCc1ccccc1. The molecule has 0 aliphatic heterocycles. The van der Waals surface area contributed by atoms with E-state index in [2.05, 4.69) is 10.3 Å². The van der Waals surface area contributed by atoms with E-state index in [1.54, 1.807) is 12.1 Å². The molecule has 2 aromatic carbocycles. The Morgan fingerprint density at radius 3 is 2.59 bits per heavy atom. The number of rotatable bonds is 6. The number of para-hydroxylation sites is 1. The molecule has 1 amide bonds. The van der Waals surface area contributed by atoms with Gasteiger partial charge in [-0.2, -0.15) is 0 Å². The summed E-state index contributed by atoms with van der Waals surface area (Å²) < 4.78 is 5.06. The minimum atomic E-state index is -1.30. The smallest absolute Gasteiger partial charge is 0.407 e. The molecule has 0 bridgehead atoms. The van der Waals surface area contributed by atoms with Gasteiger partial charge >= 0.3 is 6.09 Å². The van der Waals surface area contributed by atoms with Crippen LogP contribution in [0.1, 0.15) is 17.2 Å². The zero-order valence-corrected chi connectivity index (χ0v) is 15.1. The van der Waals surface area contributed by atoms with Gasteiger partial charge < -0.3 is 20.3 Å². The van der Waals surface area contributed by atoms with E-state index in [4.69, 9.17) is 16.3 Å². The molecule has 0 aliphatic rings. The van der Waals surface area contributed by atoms with Crippen molar-refractivity contribution in [2.24, 2.45) is 0 Å². The number of aromatic nitrogens is 1.